The Bertz CT molecular complexity index is 385. The molecule has 0 bridgehead atoms. The molecule has 0 spiro atoms. The van der Waals surface area contributed by atoms with E-state index >= 15 is 0 Å². The third-order valence-corrected chi connectivity index (χ3v) is 3.87. The molecule has 88 valence electrons. The fourth-order valence-corrected chi connectivity index (χ4v) is 2.72. The highest BCUT2D eigenvalue weighted by atomic mass is 15.2. The van der Waals surface area contributed by atoms with Crippen LogP contribution in [0.4, 0.5) is 5.69 Å². The second kappa shape index (κ2) is 4.46. The van der Waals surface area contributed by atoms with E-state index in [1.165, 1.54) is 35.2 Å². The molecule has 1 atom stereocenters. The summed E-state index contributed by atoms with van der Waals surface area (Å²) in [5.41, 5.74) is 5.82. The fourth-order valence-electron chi connectivity index (χ4n) is 2.72. The highest BCUT2D eigenvalue weighted by molar-refractivity contribution is 5.63. The van der Waals surface area contributed by atoms with E-state index in [4.69, 9.17) is 0 Å². The topological polar surface area (TPSA) is 15.3 Å². The van der Waals surface area contributed by atoms with E-state index in [1.54, 1.807) is 0 Å². The van der Waals surface area contributed by atoms with Gasteiger partial charge in [0.25, 0.3) is 0 Å². The fraction of sp³-hybridized carbons (Fsp3) is 0.571. The highest BCUT2D eigenvalue weighted by Gasteiger charge is 2.24. The molecule has 2 heteroatoms. The van der Waals surface area contributed by atoms with Gasteiger partial charge < -0.3 is 10.2 Å². The molecule has 0 aliphatic carbocycles. The number of nitrogens with zero attached hydrogens (tertiary/aromatic N) is 1. The summed E-state index contributed by atoms with van der Waals surface area (Å²) in [6, 6.07) is 5.18. The van der Waals surface area contributed by atoms with Crippen molar-refractivity contribution in [2.75, 3.05) is 25.5 Å². The van der Waals surface area contributed by atoms with Crippen LogP contribution >= 0.6 is 0 Å². The summed E-state index contributed by atoms with van der Waals surface area (Å²) in [6.07, 6.45) is 2.47. The molecule has 1 unspecified atom stereocenters. The molecule has 1 aliphatic heterocycles. The summed E-state index contributed by atoms with van der Waals surface area (Å²) in [5, 5.41) is 3.29. The van der Waals surface area contributed by atoms with Crippen LogP contribution in [0.15, 0.2) is 12.1 Å². The molecule has 16 heavy (non-hydrogen) atoms. The van der Waals surface area contributed by atoms with Gasteiger partial charge in [-0.3, -0.25) is 0 Å². The van der Waals surface area contributed by atoms with E-state index in [0.717, 1.165) is 6.54 Å². The summed E-state index contributed by atoms with van der Waals surface area (Å²) in [7, 11) is 4.26. The monoisotopic (exact) mass is 218 g/mol. The molecule has 1 heterocycles. The molecule has 1 aliphatic rings. The minimum Gasteiger partial charge on any atom is -0.370 e. The van der Waals surface area contributed by atoms with Crippen LogP contribution in [-0.2, 0) is 6.42 Å². The number of rotatable bonds is 2. The maximum absolute atomic E-state index is 3.29. The van der Waals surface area contributed by atoms with Crippen molar-refractivity contribution in [3.8, 4) is 0 Å². The Hall–Kier alpha value is -1.02. The second-order valence-corrected chi connectivity index (χ2v) is 4.88. The normalized spacial score (nSPS) is 19.8. The van der Waals surface area contributed by atoms with E-state index in [2.05, 4.69) is 43.2 Å². The van der Waals surface area contributed by atoms with Gasteiger partial charge in [0.15, 0.2) is 0 Å². The number of anilines is 1. The predicted molar refractivity (Wildman–Crippen MR) is 70.4 cm³/mol. The van der Waals surface area contributed by atoms with Gasteiger partial charge in [0.2, 0.25) is 0 Å². The molecular weight excluding hydrogens is 196 g/mol. The summed E-state index contributed by atoms with van der Waals surface area (Å²) < 4.78 is 0. The number of fused-ring (bicyclic) bond motifs is 1. The first-order chi connectivity index (χ1) is 7.65. The number of nitrogens with one attached hydrogen (secondary N) is 1. The van der Waals surface area contributed by atoms with Crippen LogP contribution < -0.4 is 10.2 Å². The summed E-state index contributed by atoms with van der Waals surface area (Å²) >= 11 is 0. The van der Waals surface area contributed by atoms with Crippen molar-refractivity contribution in [2.24, 2.45) is 0 Å². The summed E-state index contributed by atoms with van der Waals surface area (Å²) in [5.74, 6) is 0. The molecular formula is C14H22N2. The Balaban J connectivity index is 2.38. The number of aryl methyl sites for hydroxylation is 2. The zero-order chi connectivity index (χ0) is 11.7. The molecule has 0 radical (unpaired) electrons. The van der Waals surface area contributed by atoms with Crippen LogP contribution in [-0.4, -0.2) is 26.7 Å². The molecule has 0 saturated heterocycles. The van der Waals surface area contributed by atoms with Crippen molar-refractivity contribution in [1.29, 1.82) is 0 Å². The zero-order valence-electron chi connectivity index (χ0n) is 10.8. The minimum absolute atomic E-state index is 0.637. The average molecular weight is 218 g/mol. The van der Waals surface area contributed by atoms with Crippen LogP contribution in [0.1, 0.15) is 23.1 Å². The van der Waals surface area contributed by atoms with Crippen LogP contribution in [0.2, 0.25) is 0 Å². The largest absolute Gasteiger partial charge is 0.370 e. The van der Waals surface area contributed by atoms with Crippen molar-refractivity contribution in [2.45, 2.75) is 32.7 Å². The molecule has 0 saturated carbocycles. The SMILES string of the molecule is CNCC1CCc2ccc(C)c(C)c2N1C. The Morgan fingerprint density at radius 2 is 2.12 bits per heavy atom. The number of likely N-dealkylation sites (N-methyl/N-ethyl adjacent to an activating group) is 2. The Morgan fingerprint density at radius 1 is 1.38 bits per heavy atom. The van der Waals surface area contributed by atoms with Gasteiger partial charge in [-0.05, 0) is 50.4 Å². The van der Waals surface area contributed by atoms with Gasteiger partial charge >= 0.3 is 0 Å². The smallest absolute Gasteiger partial charge is 0.0431 e. The molecule has 0 aromatic heterocycles. The molecule has 2 rings (SSSR count). The predicted octanol–water partition coefficient (Wildman–Crippen LogP) is 2.27. The van der Waals surface area contributed by atoms with Gasteiger partial charge in [0.05, 0.1) is 0 Å². The van der Waals surface area contributed by atoms with Crippen LogP contribution in [0.5, 0.6) is 0 Å². The quantitative estimate of drug-likeness (QED) is 0.819. The Kier molecular flexibility index (Phi) is 3.20. The standard InChI is InChI=1S/C14H22N2/c1-10-5-6-12-7-8-13(9-15-3)16(4)14(12)11(10)2/h5-6,13,15H,7-9H2,1-4H3. The number of benzene rings is 1. The summed E-state index contributed by atoms with van der Waals surface area (Å²) in [4.78, 5) is 2.46. The molecule has 0 fully saturated rings. The molecule has 2 nitrogen and oxygen atoms in total. The van der Waals surface area contributed by atoms with Gasteiger partial charge in [-0.2, -0.15) is 0 Å². The summed E-state index contributed by atoms with van der Waals surface area (Å²) in [6.45, 7) is 5.51. The van der Waals surface area contributed by atoms with E-state index in [9.17, 15) is 0 Å². The first kappa shape index (κ1) is 11.5. The van der Waals surface area contributed by atoms with Crippen LogP contribution in [0.3, 0.4) is 0 Å². The third kappa shape index (κ3) is 1.82. The van der Waals surface area contributed by atoms with Crippen molar-refractivity contribution in [1.82, 2.24) is 5.32 Å². The maximum atomic E-state index is 3.29. The molecule has 1 aromatic rings. The maximum Gasteiger partial charge on any atom is 0.0431 e. The first-order valence-corrected chi connectivity index (χ1v) is 6.11. The average Bonchev–Trinajstić information content (AvgIpc) is 2.27. The highest BCUT2D eigenvalue weighted by Crippen LogP contribution is 2.33. The lowest BCUT2D eigenvalue weighted by Crippen LogP contribution is -2.42. The minimum atomic E-state index is 0.637. The van der Waals surface area contributed by atoms with Crippen LogP contribution in [0, 0.1) is 13.8 Å². The van der Waals surface area contributed by atoms with Crippen molar-refractivity contribution in [3.63, 3.8) is 0 Å². The third-order valence-electron chi connectivity index (χ3n) is 3.87. The van der Waals surface area contributed by atoms with Gasteiger partial charge in [-0.15, -0.1) is 0 Å². The second-order valence-electron chi connectivity index (χ2n) is 4.88. The molecule has 1 aromatic carbocycles. The Morgan fingerprint density at radius 3 is 2.81 bits per heavy atom. The number of hydrogen-bond acceptors (Lipinski definition) is 2. The molecule has 1 N–H and O–H groups in total. The van der Waals surface area contributed by atoms with Crippen molar-refractivity contribution in [3.05, 3.63) is 28.8 Å². The van der Waals surface area contributed by atoms with Crippen LogP contribution in [0.25, 0.3) is 0 Å². The lowest BCUT2D eigenvalue weighted by Gasteiger charge is -2.37. The molecule has 0 amide bonds. The van der Waals surface area contributed by atoms with E-state index < -0.39 is 0 Å². The lowest BCUT2D eigenvalue weighted by molar-refractivity contribution is 0.529. The zero-order valence-corrected chi connectivity index (χ0v) is 10.8. The van der Waals surface area contributed by atoms with E-state index in [1.807, 2.05) is 7.05 Å². The van der Waals surface area contributed by atoms with Gasteiger partial charge in [-0.25, -0.2) is 0 Å². The van der Waals surface area contributed by atoms with Gasteiger partial charge in [0, 0.05) is 25.3 Å². The Labute approximate surface area is 98.7 Å². The van der Waals surface area contributed by atoms with E-state index in [-0.39, 0.29) is 0 Å². The number of hydrogen-bond donors (Lipinski definition) is 1. The van der Waals surface area contributed by atoms with Crippen molar-refractivity contribution >= 4 is 5.69 Å². The van der Waals surface area contributed by atoms with Crippen molar-refractivity contribution < 1.29 is 0 Å². The lowest BCUT2D eigenvalue weighted by atomic mass is 9.92. The van der Waals surface area contributed by atoms with Gasteiger partial charge in [-0.1, -0.05) is 12.1 Å². The first-order valence-electron chi connectivity index (χ1n) is 6.11. The van der Waals surface area contributed by atoms with Gasteiger partial charge in [0.1, 0.15) is 0 Å². The van der Waals surface area contributed by atoms with E-state index in [0.29, 0.717) is 6.04 Å².